The van der Waals surface area contributed by atoms with E-state index in [9.17, 15) is 8.42 Å². The number of ether oxygens (including phenoxy) is 1. The highest BCUT2D eigenvalue weighted by molar-refractivity contribution is 7.88. The Balaban J connectivity index is 1.81. The van der Waals surface area contributed by atoms with Gasteiger partial charge in [-0.05, 0) is 37.1 Å². The van der Waals surface area contributed by atoms with Gasteiger partial charge < -0.3 is 4.74 Å². The predicted octanol–water partition coefficient (Wildman–Crippen LogP) is 3.46. The van der Waals surface area contributed by atoms with Crippen LogP contribution in [0.15, 0.2) is 42.5 Å². The van der Waals surface area contributed by atoms with E-state index in [0.717, 1.165) is 16.7 Å². The molecule has 0 aromatic heterocycles. The van der Waals surface area contributed by atoms with Crippen LogP contribution in [0.3, 0.4) is 0 Å². The van der Waals surface area contributed by atoms with Crippen molar-refractivity contribution >= 4 is 21.6 Å². The molecule has 0 saturated heterocycles. The molecule has 2 rings (SSSR count). The molecule has 0 radical (unpaired) electrons. The average Bonchev–Trinajstić information content (AvgIpc) is 2.47. The molecule has 0 spiro atoms. The zero-order valence-electron chi connectivity index (χ0n) is 13.2. The van der Waals surface area contributed by atoms with Gasteiger partial charge in [-0.3, -0.25) is 0 Å². The number of aryl methyl sites for hydroxylation is 2. The largest absolute Gasteiger partial charge is 0.492 e. The van der Waals surface area contributed by atoms with Gasteiger partial charge in [-0.15, -0.1) is 0 Å². The quantitative estimate of drug-likeness (QED) is 0.775. The predicted molar refractivity (Wildman–Crippen MR) is 93.5 cm³/mol. The summed E-state index contributed by atoms with van der Waals surface area (Å²) in [5.74, 6) is 0.587. The Morgan fingerprint density at radius 2 is 1.91 bits per heavy atom. The van der Waals surface area contributed by atoms with Crippen molar-refractivity contribution in [3.8, 4) is 5.75 Å². The number of sulfonamides is 1. The molecule has 0 amide bonds. The fraction of sp³-hybridized carbons (Fsp3) is 0.294. The van der Waals surface area contributed by atoms with Gasteiger partial charge in [-0.1, -0.05) is 47.5 Å². The minimum atomic E-state index is -3.38. The van der Waals surface area contributed by atoms with Crippen molar-refractivity contribution in [2.45, 2.75) is 19.6 Å². The molecule has 6 heteroatoms. The molecule has 2 aromatic carbocycles. The van der Waals surface area contributed by atoms with Gasteiger partial charge in [-0.2, -0.15) is 0 Å². The maximum atomic E-state index is 12.0. The Morgan fingerprint density at radius 1 is 1.13 bits per heavy atom. The molecule has 23 heavy (non-hydrogen) atoms. The molecule has 0 aliphatic heterocycles. The van der Waals surface area contributed by atoms with Crippen molar-refractivity contribution in [2.75, 3.05) is 13.2 Å². The van der Waals surface area contributed by atoms with E-state index in [0.29, 0.717) is 10.8 Å². The second kappa shape index (κ2) is 7.81. The van der Waals surface area contributed by atoms with E-state index in [4.69, 9.17) is 16.3 Å². The first kappa shape index (κ1) is 17.8. The molecule has 0 atom stereocenters. The molecule has 0 saturated carbocycles. The lowest BCUT2D eigenvalue weighted by Gasteiger charge is -2.10. The van der Waals surface area contributed by atoms with Crippen LogP contribution in [-0.2, 0) is 15.8 Å². The van der Waals surface area contributed by atoms with Crippen LogP contribution >= 0.6 is 11.6 Å². The lowest BCUT2D eigenvalue weighted by atomic mass is 10.2. The van der Waals surface area contributed by atoms with Crippen LogP contribution in [-0.4, -0.2) is 21.6 Å². The molecule has 0 fully saturated rings. The van der Waals surface area contributed by atoms with Crippen LogP contribution in [0.1, 0.15) is 16.7 Å². The standard InChI is InChI=1S/C17H20ClNO3S/c1-13-4-3-5-15(10-13)12-23(20,21)19-8-9-22-16-7-6-14(2)17(18)11-16/h3-7,10-11,19H,8-9,12H2,1-2H3. The Bertz CT molecular complexity index is 775. The Morgan fingerprint density at radius 3 is 2.61 bits per heavy atom. The summed E-state index contributed by atoms with van der Waals surface area (Å²) in [5, 5.41) is 0.627. The number of rotatable bonds is 7. The SMILES string of the molecule is Cc1cccc(CS(=O)(=O)NCCOc2ccc(C)c(Cl)c2)c1. The third kappa shape index (κ3) is 5.86. The molecule has 0 unspecified atom stereocenters. The van der Waals surface area contributed by atoms with E-state index in [-0.39, 0.29) is 18.9 Å². The lowest BCUT2D eigenvalue weighted by molar-refractivity contribution is 0.323. The Kier molecular flexibility index (Phi) is 6.04. The molecule has 2 aromatic rings. The van der Waals surface area contributed by atoms with Crippen molar-refractivity contribution in [1.82, 2.24) is 4.72 Å². The molecule has 0 aliphatic rings. The van der Waals surface area contributed by atoms with E-state index in [1.165, 1.54) is 0 Å². The highest BCUT2D eigenvalue weighted by Crippen LogP contribution is 2.21. The zero-order chi connectivity index (χ0) is 16.9. The van der Waals surface area contributed by atoms with Crippen LogP contribution < -0.4 is 9.46 Å². The smallest absolute Gasteiger partial charge is 0.215 e. The first-order chi connectivity index (χ1) is 10.9. The molecular weight excluding hydrogens is 334 g/mol. The lowest BCUT2D eigenvalue weighted by Crippen LogP contribution is -2.29. The first-order valence-corrected chi connectivity index (χ1v) is 9.30. The van der Waals surface area contributed by atoms with Crippen molar-refractivity contribution in [3.63, 3.8) is 0 Å². The Hall–Kier alpha value is -1.56. The normalized spacial score (nSPS) is 11.4. The summed E-state index contributed by atoms with van der Waals surface area (Å²) in [4.78, 5) is 0. The van der Waals surface area contributed by atoms with E-state index in [1.807, 2.05) is 44.2 Å². The van der Waals surface area contributed by atoms with Gasteiger partial charge in [0.15, 0.2) is 0 Å². The number of benzene rings is 2. The molecule has 0 aliphatic carbocycles. The number of nitrogens with one attached hydrogen (secondary N) is 1. The van der Waals surface area contributed by atoms with Gasteiger partial charge >= 0.3 is 0 Å². The zero-order valence-corrected chi connectivity index (χ0v) is 14.7. The molecule has 124 valence electrons. The number of hydrogen-bond acceptors (Lipinski definition) is 3. The topological polar surface area (TPSA) is 55.4 Å². The van der Waals surface area contributed by atoms with Gasteiger partial charge in [0.1, 0.15) is 12.4 Å². The van der Waals surface area contributed by atoms with Gasteiger partial charge in [0.05, 0.1) is 5.75 Å². The van der Waals surface area contributed by atoms with Gasteiger partial charge in [0.2, 0.25) is 10.0 Å². The summed E-state index contributed by atoms with van der Waals surface area (Å²) < 4.78 is 32.1. The Labute approximate surface area is 142 Å². The summed E-state index contributed by atoms with van der Waals surface area (Å²) in [5.41, 5.74) is 2.78. The van der Waals surface area contributed by atoms with Crippen LogP contribution in [0.25, 0.3) is 0 Å². The van der Waals surface area contributed by atoms with Crippen LogP contribution in [0, 0.1) is 13.8 Å². The van der Waals surface area contributed by atoms with Crippen LogP contribution in [0.5, 0.6) is 5.75 Å². The van der Waals surface area contributed by atoms with Crippen molar-refractivity contribution in [1.29, 1.82) is 0 Å². The monoisotopic (exact) mass is 353 g/mol. The number of halogens is 1. The van der Waals surface area contributed by atoms with E-state index in [2.05, 4.69) is 4.72 Å². The molecule has 0 heterocycles. The fourth-order valence-corrected chi connectivity index (χ4v) is 3.39. The van der Waals surface area contributed by atoms with Crippen LogP contribution in [0.4, 0.5) is 0 Å². The van der Waals surface area contributed by atoms with E-state index < -0.39 is 10.0 Å². The summed E-state index contributed by atoms with van der Waals surface area (Å²) in [6.07, 6.45) is 0. The highest BCUT2D eigenvalue weighted by Gasteiger charge is 2.11. The summed E-state index contributed by atoms with van der Waals surface area (Å²) in [6.45, 7) is 4.29. The minimum Gasteiger partial charge on any atom is -0.492 e. The molecule has 1 N–H and O–H groups in total. The summed E-state index contributed by atoms with van der Waals surface area (Å²) in [6, 6.07) is 12.8. The van der Waals surface area contributed by atoms with E-state index >= 15 is 0 Å². The molecule has 0 bridgehead atoms. The third-order valence-electron chi connectivity index (χ3n) is 3.28. The first-order valence-electron chi connectivity index (χ1n) is 7.27. The van der Waals surface area contributed by atoms with Crippen molar-refractivity contribution in [2.24, 2.45) is 0 Å². The highest BCUT2D eigenvalue weighted by atomic mass is 35.5. The number of hydrogen-bond donors (Lipinski definition) is 1. The van der Waals surface area contributed by atoms with Crippen molar-refractivity contribution < 1.29 is 13.2 Å². The maximum absolute atomic E-state index is 12.0. The second-order valence-electron chi connectivity index (χ2n) is 5.40. The summed E-state index contributed by atoms with van der Waals surface area (Å²) in [7, 11) is -3.38. The van der Waals surface area contributed by atoms with Gasteiger partial charge in [0, 0.05) is 11.6 Å². The average molecular weight is 354 g/mol. The van der Waals surface area contributed by atoms with Gasteiger partial charge in [-0.25, -0.2) is 13.1 Å². The minimum absolute atomic E-state index is 0.0367. The van der Waals surface area contributed by atoms with Gasteiger partial charge in [0.25, 0.3) is 0 Å². The fourth-order valence-electron chi connectivity index (χ4n) is 2.10. The summed E-state index contributed by atoms with van der Waals surface area (Å²) >= 11 is 6.01. The second-order valence-corrected chi connectivity index (χ2v) is 7.62. The van der Waals surface area contributed by atoms with E-state index in [1.54, 1.807) is 12.1 Å². The maximum Gasteiger partial charge on any atom is 0.215 e. The van der Waals surface area contributed by atoms with Crippen molar-refractivity contribution in [3.05, 3.63) is 64.2 Å². The van der Waals surface area contributed by atoms with Crippen LogP contribution in [0.2, 0.25) is 5.02 Å². The molecule has 4 nitrogen and oxygen atoms in total. The third-order valence-corrected chi connectivity index (χ3v) is 5.04. The molecular formula is C17H20ClNO3S.